The summed E-state index contributed by atoms with van der Waals surface area (Å²) in [6.07, 6.45) is -2.21. The van der Waals surface area contributed by atoms with E-state index in [1.807, 2.05) is 30.3 Å². The molecule has 0 radical (unpaired) electrons. The second kappa shape index (κ2) is 8.46. The minimum Gasteiger partial charge on any atom is -0.478 e. The summed E-state index contributed by atoms with van der Waals surface area (Å²) < 4.78 is 9.68. The molecule has 1 saturated heterocycles. The Morgan fingerprint density at radius 2 is 1.62 bits per heavy atom. The average molecular weight is 363 g/mol. The molecule has 1 heterocycles. The lowest BCUT2D eigenvalue weighted by atomic mass is 10.0. The lowest BCUT2D eigenvalue weighted by Crippen LogP contribution is -2.51. The van der Waals surface area contributed by atoms with E-state index < -0.39 is 36.0 Å². The van der Waals surface area contributed by atoms with Crippen LogP contribution in [-0.4, -0.2) is 52.6 Å². The van der Waals surface area contributed by atoms with Gasteiger partial charge in [0.25, 0.3) is 5.91 Å². The van der Waals surface area contributed by atoms with Crippen LogP contribution in [0.25, 0.3) is 0 Å². The molecule has 3 atom stereocenters. The normalized spacial score (nSPS) is 18.7. The van der Waals surface area contributed by atoms with Crippen molar-refractivity contribution in [3.8, 4) is 0 Å². The first-order valence-electron chi connectivity index (χ1n) is 8.24. The van der Waals surface area contributed by atoms with Crippen molar-refractivity contribution < 1.29 is 33.8 Å². The molecule has 8 nitrogen and oxygen atoms in total. The van der Waals surface area contributed by atoms with Gasteiger partial charge in [-0.2, -0.15) is 0 Å². The molecule has 1 aromatic rings. The quantitative estimate of drug-likeness (QED) is 0.759. The van der Waals surface area contributed by atoms with Crippen LogP contribution < -0.4 is 0 Å². The first-order chi connectivity index (χ1) is 12.3. The van der Waals surface area contributed by atoms with Crippen LogP contribution in [0.2, 0.25) is 0 Å². The van der Waals surface area contributed by atoms with Crippen LogP contribution in [-0.2, 0) is 28.7 Å². The highest BCUT2D eigenvalue weighted by atomic mass is 16.6. The lowest BCUT2D eigenvalue weighted by Gasteiger charge is -2.30. The number of carbonyl (C=O) groups excluding carboxylic acids is 3. The van der Waals surface area contributed by atoms with Crippen LogP contribution in [0.5, 0.6) is 0 Å². The van der Waals surface area contributed by atoms with Crippen LogP contribution in [0.4, 0.5) is 0 Å². The monoisotopic (exact) mass is 363 g/mol. The Morgan fingerprint density at radius 3 is 2.15 bits per heavy atom. The largest absolute Gasteiger partial charge is 0.478 e. The van der Waals surface area contributed by atoms with Crippen LogP contribution in [0.3, 0.4) is 0 Å². The maximum atomic E-state index is 13.0. The predicted molar refractivity (Wildman–Crippen MR) is 88.9 cm³/mol. The molecule has 1 aromatic carbocycles. The van der Waals surface area contributed by atoms with Crippen LogP contribution in [0.1, 0.15) is 38.3 Å². The Balaban J connectivity index is 2.31. The van der Waals surface area contributed by atoms with E-state index in [1.165, 1.54) is 4.90 Å². The summed E-state index contributed by atoms with van der Waals surface area (Å²) in [6, 6.07) is 9.04. The molecular formula is C18H21NO7. The van der Waals surface area contributed by atoms with Crippen molar-refractivity contribution in [1.82, 2.24) is 4.90 Å². The van der Waals surface area contributed by atoms with Gasteiger partial charge in [0, 0.05) is 20.4 Å². The first kappa shape index (κ1) is 19.4. The molecule has 1 N–H and O–H groups in total. The van der Waals surface area contributed by atoms with Crippen molar-refractivity contribution >= 4 is 23.8 Å². The number of likely N-dealkylation sites (tertiary alicyclic amines) is 1. The number of hydrogen-bond acceptors (Lipinski definition) is 6. The smallest absolute Gasteiger partial charge is 0.349 e. The zero-order valence-corrected chi connectivity index (χ0v) is 14.6. The van der Waals surface area contributed by atoms with E-state index in [2.05, 4.69) is 0 Å². The fourth-order valence-corrected chi connectivity index (χ4v) is 3.06. The molecule has 0 aliphatic carbocycles. The number of hydrogen-bond donors (Lipinski definition) is 1. The van der Waals surface area contributed by atoms with Gasteiger partial charge >= 0.3 is 17.9 Å². The zero-order chi connectivity index (χ0) is 19.3. The number of amides is 1. The first-order valence-corrected chi connectivity index (χ1v) is 8.24. The third-order valence-electron chi connectivity index (χ3n) is 4.07. The minimum atomic E-state index is -1.90. The number of ether oxygens (including phenoxy) is 2. The van der Waals surface area contributed by atoms with Gasteiger partial charge in [0.2, 0.25) is 12.2 Å². The number of carboxylic acids is 1. The van der Waals surface area contributed by atoms with Crippen molar-refractivity contribution in [1.29, 1.82) is 0 Å². The van der Waals surface area contributed by atoms with Crippen molar-refractivity contribution in [3.05, 3.63) is 35.9 Å². The van der Waals surface area contributed by atoms with Crippen molar-refractivity contribution in [2.75, 3.05) is 6.54 Å². The Bertz CT molecular complexity index is 688. The van der Waals surface area contributed by atoms with E-state index in [0.717, 1.165) is 25.8 Å². The molecule has 1 fully saturated rings. The van der Waals surface area contributed by atoms with Gasteiger partial charge < -0.3 is 19.5 Å². The van der Waals surface area contributed by atoms with Gasteiger partial charge in [-0.3, -0.25) is 14.4 Å². The van der Waals surface area contributed by atoms with E-state index in [0.29, 0.717) is 13.0 Å². The third-order valence-corrected chi connectivity index (χ3v) is 4.07. The zero-order valence-electron chi connectivity index (χ0n) is 14.6. The molecule has 1 amide bonds. The van der Waals surface area contributed by atoms with Gasteiger partial charge in [0.15, 0.2) is 0 Å². The highest BCUT2D eigenvalue weighted by Crippen LogP contribution is 2.33. The van der Waals surface area contributed by atoms with Crippen LogP contribution in [0.15, 0.2) is 30.3 Å². The summed E-state index contributed by atoms with van der Waals surface area (Å²) in [5, 5.41) is 9.34. The Morgan fingerprint density at radius 1 is 1.04 bits per heavy atom. The van der Waals surface area contributed by atoms with E-state index in [-0.39, 0.29) is 6.04 Å². The Kier molecular flexibility index (Phi) is 6.32. The predicted octanol–water partition coefficient (Wildman–Crippen LogP) is 1.30. The molecule has 1 aliphatic rings. The summed E-state index contributed by atoms with van der Waals surface area (Å²) in [5.41, 5.74) is 0.902. The molecule has 140 valence electrons. The highest BCUT2D eigenvalue weighted by molar-refractivity contribution is 5.91. The van der Waals surface area contributed by atoms with Gasteiger partial charge in [0.1, 0.15) is 0 Å². The van der Waals surface area contributed by atoms with Gasteiger partial charge in [0.05, 0.1) is 6.04 Å². The number of aliphatic carboxylic acids is 1. The molecule has 2 rings (SSSR count). The maximum absolute atomic E-state index is 13.0. The lowest BCUT2D eigenvalue weighted by molar-refractivity contribution is -0.183. The van der Waals surface area contributed by atoms with E-state index in [9.17, 15) is 24.3 Å². The van der Waals surface area contributed by atoms with Gasteiger partial charge in [-0.1, -0.05) is 30.3 Å². The summed E-state index contributed by atoms with van der Waals surface area (Å²) >= 11 is 0. The molecule has 0 spiro atoms. The average Bonchev–Trinajstić information content (AvgIpc) is 3.07. The third kappa shape index (κ3) is 4.59. The van der Waals surface area contributed by atoms with E-state index in [4.69, 9.17) is 9.47 Å². The SMILES string of the molecule is CC(=O)O[C@@H](C(=O)O)[C@@H](OC(C)=O)C(=O)N1CCCC1c1ccccc1. The topological polar surface area (TPSA) is 110 Å². The second-order valence-electron chi connectivity index (χ2n) is 6.00. The van der Waals surface area contributed by atoms with Crippen LogP contribution in [0, 0.1) is 0 Å². The van der Waals surface area contributed by atoms with Crippen molar-refractivity contribution in [2.45, 2.75) is 44.9 Å². The summed E-state index contributed by atoms with van der Waals surface area (Å²) in [5.74, 6) is -3.98. The number of esters is 2. The number of rotatable bonds is 6. The molecule has 1 unspecified atom stereocenters. The van der Waals surface area contributed by atoms with E-state index in [1.54, 1.807) is 0 Å². The molecule has 1 aliphatic heterocycles. The van der Waals surface area contributed by atoms with Crippen molar-refractivity contribution in [3.63, 3.8) is 0 Å². The number of benzene rings is 1. The molecule has 0 aromatic heterocycles. The highest BCUT2D eigenvalue weighted by Gasteiger charge is 2.44. The standard InChI is InChI=1S/C18H21NO7/c1-11(20)25-15(16(18(23)24)26-12(2)21)17(22)19-10-6-9-14(19)13-7-4-3-5-8-13/h3-5,7-8,14-16H,6,9-10H2,1-2H3,(H,23,24)/t14?,15-,16-/m1/s1. The molecule has 0 saturated carbocycles. The molecule has 8 heteroatoms. The van der Waals surface area contributed by atoms with E-state index >= 15 is 0 Å². The van der Waals surface area contributed by atoms with Crippen molar-refractivity contribution in [2.24, 2.45) is 0 Å². The second-order valence-corrected chi connectivity index (χ2v) is 6.00. The Hall–Kier alpha value is -2.90. The molecule has 0 bridgehead atoms. The Labute approximate surface area is 150 Å². The summed E-state index contributed by atoms with van der Waals surface area (Å²) in [6.45, 7) is 2.47. The number of carbonyl (C=O) groups is 4. The number of nitrogens with zero attached hydrogens (tertiary/aromatic N) is 1. The minimum absolute atomic E-state index is 0.256. The fraction of sp³-hybridized carbons (Fsp3) is 0.444. The molecule has 26 heavy (non-hydrogen) atoms. The summed E-state index contributed by atoms with van der Waals surface area (Å²) in [4.78, 5) is 48.6. The van der Waals surface area contributed by atoms with Gasteiger partial charge in [-0.25, -0.2) is 4.79 Å². The number of carboxylic acid groups (broad SMARTS) is 1. The van der Waals surface area contributed by atoms with Gasteiger partial charge in [-0.15, -0.1) is 0 Å². The van der Waals surface area contributed by atoms with Gasteiger partial charge in [-0.05, 0) is 18.4 Å². The van der Waals surface area contributed by atoms with Crippen LogP contribution >= 0.6 is 0 Å². The maximum Gasteiger partial charge on any atom is 0.349 e. The summed E-state index contributed by atoms with van der Waals surface area (Å²) in [7, 11) is 0. The molecular weight excluding hydrogens is 342 g/mol. The fourth-order valence-electron chi connectivity index (χ4n) is 3.06.